The van der Waals surface area contributed by atoms with Crippen LogP contribution in [0.15, 0.2) is 42.7 Å². The highest BCUT2D eigenvalue weighted by Gasteiger charge is 2.35. The zero-order valence-corrected chi connectivity index (χ0v) is 12.2. The maximum absolute atomic E-state index is 10.4. The molecule has 0 spiro atoms. The minimum Gasteiger partial charge on any atom is -0.391 e. The molecule has 0 amide bonds. The first-order valence-corrected chi connectivity index (χ1v) is 7.33. The number of rotatable bonds is 2. The quantitative estimate of drug-likeness (QED) is 0.904. The third-order valence-corrected chi connectivity index (χ3v) is 4.38. The molecule has 20 heavy (non-hydrogen) atoms. The maximum Gasteiger partial charge on any atom is 0.140 e. The van der Waals surface area contributed by atoms with Gasteiger partial charge in [0, 0.05) is 18.0 Å². The molecule has 1 aromatic heterocycles. The van der Waals surface area contributed by atoms with Crippen LogP contribution in [-0.4, -0.2) is 20.8 Å². The molecule has 1 aromatic carbocycles. The van der Waals surface area contributed by atoms with Crippen molar-refractivity contribution < 1.29 is 5.11 Å². The van der Waals surface area contributed by atoms with Crippen LogP contribution in [0.25, 0.3) is 11.4 Å². The molecule has 0 radical (unpaired) electrons. The van der Waals surface area contributed by atoms with Crippen LogP contribution in [-0.2, 0) is 0 Å². The molecule has 3 nitrogen and oxygen atoms in total. The largest absolute Gasteiger partial charge is 0.391 e. The van der Waals surface area contributed by atoms with Crippen LogP contribution >= 0.6 is 0 Å². The fourth-order valence-electron chi connectivity index (χ4n) is 3.21. The standard InChI is InChI=1S/C17H22N2O/c1-17(2)9-8-15(20)14(12-17)19-11-10-18-16(19)13-6-4-3-5-7-13/h3-7,10-11,14-15,20H,8-9,12H2,1-2H3. The van der Waals surface area contributed by atoms with E-state index in [0.29, 0.717) is 0 Å². The van der Waals surface area contributed by atoms with Crippen molar-refractivity contribution in [2.24, 2.45) is 5.41 Å². The average Bonchev–Trinajstić information content (AvgIpc) is 2.92. The highest BCUT2D eigenvalue weighted by Crippen LogP contribution is 2.42. The number of hydrogen-bond donors (Lipinski definition) is 1. The molecule has 106 valence electrons. The molecule has 1 aliphatic carbocycles. The predicted molar refractivity (Wildman–Crippen MR) is 80.3 cm³/mol. The van der Waals surface area contributed by atoms with Gasteiger partial charge in [-0.1, -0.05) is 44.2 Å². The molecule has 2 atom stereocenters. The van der Waals surface area contributed by atoms with Crippen molar-refractivity contribution in [1.82, 2.24) is 9.55 Å². The Morgan fingerprint density at radius 1 is 1.25 bits per heavy atom. The van der Waals surface area contributed by atoms with E-state index in [1.165, 1.54) is 0 Å². The lowest BCUT2D eigenvalue weighted by Gasteiger charge is -2.39. The first-order valence-electron chi connectivity index (χ1n) is 7.33. The van der Waals surface area contributed by atoms with Gasteiger partial charge in [-0.25, -0.2) is 4.98 Å². The van der Waals surface area contributed by atoms with Gasteiger partial charge in [0.15, 0.2) is 0 Å². The zero-order valence-electron chi connectivity index (χ0n) is 12.2. The van der Waals surface area contributed by atoms with Crippen LogP contribution in [0.2, 0.25) is 0 Å². The minimum atomic E-state index is -0.278. The van der Waals surface area contributed by atoms with Crippen LogP contribution < -0.4 is 0 Å². The minimum absolute atomic E-state index is 0.122. The van der Waals surface area contributed by atoms with Gasteiger partial charge in [0.2, 0.25) is 0 Å². The predicted octanol–water partition coefficient (Wildman–Crippen LogP) is 3.66. The summed E-state index contributed by atoms with van der Waals surface area (Å²) in [6.45, 7) is 4.57. The Balaban J connectivity index is 1.97. The van der Waals surface area contributed by atoms with Crippen LogP contribution in [0.1, 0.15) is 39.2 Å². The Bertz CT molecular complexity index is 574. The molecule has 1 aliphatic rings. The summed E-state index contributed by atoms with van der Waals surface area (Å²) >= 11 is 0. The van der Waals surface area contributed by atoms with Crippen LogP contribution in [0, 0.1) is 5.41 Å². The van der Waals surface area contributed by atoms with Gasteiger partial charge in [0.05, 0.1) is 12.1 Å². The van der Waals surface area contributed by atoms with Crippen LogP contribution in [0.5, 0.6) is 0 Å². The van der Waals surface area contributed by atoms with Crippen molar-refractivity contribution in [3.05, 3.63) is 42.7 Å². The van der Waals surface area contributed by atoms with Gasteiger partial charge in [0.25, 0.3) is 0 Å². The molecule has 1 N–H and O–H groups in total. The first-order chi connectivity index (χ1) is 9.57. The summed E-state index contributed by atoms with van der Waals surface area (Å²) in [6, 6.07) is 10.3. The Morgan fingerprint density at radius 3 is 2.75 bits per heavy atom. The van der Waals surface area contributed by atoms with E-state index in [-0.39, 0.29) is 17.6 Å². The lowest BCUT2D eigenvalue weighted by Crippen LogP contribution is -2.35. The number of aromatic nitrogens is 2. The summed E-state index contributed by atoms with van der Waals surface area (Å²) in [5, 5.41) is 10.4. The van der Waals surface area contributed by atoms with Gasteiger partial charge in [-0.3, -0.25) is 0 Å². The van der Waals surface area contributed by atoms with Crippen molar-refractivity contribution >= 4 is 0 Å². The molecule has 1 fully saturated rings. The summed E-state index contributed by atoms with van der Waals surface area (Å²) in [4.78, 5) is 4.50. The van der Waals surface area contributed by atoms with Crippen molar-refractivity contribution in [3.63, 3.8) is 0 Å². The number of hydrogen-bond acceptors (Lipinski definition) is 2. The molecular weight excluding hydrogens is 248 g/mol. The lowest BCUT2D eigenvalue weighted by molar-refractivity contribution is 0.0286. The molecule has 1 heterocycles. The SMILES string of the molecule is CC1(C)CCC(O)C(n2ccnc2-c2ccccc2)C1. The number of aliphatic hydroxyl groups excluding tert-OH is 1. The van der Waals surface area contributed by atoms with E-state index in [0.717, 1.165) is 30.7 Å². The molecule has 3 rings (SSSR count). The highest BCUT2D eigenvalue weighted by atomic mass is 16.3. The molecule has 2 aromatic rings. The van der Waals surface area contributed by atoms with Gasteiger partial charge in [-0.15, -0.1) is 0 Å². The average molecular weight is 270 g/mol. The van der Waals surface area contributed by atoms with E-state index in [1.807, 2.05) is 30.6 Å². The third-order valence-electron chi connectivity index (χ3n) is 4.38. The normalized spacial score (nSPS) is 25.6. The summed E-state index contributed by atoms with van der Waals surface area (Å²) in [7, 11) is 0. The van der Waals surface area contributed by atoms with Crippen LogP contribution in [0.4, 0.5) is 0 Å². The lowest BCUT2D eigenvalue weighted by atomic mass is 9.73. The monoisotopic (exact) mass is 270 g/mol. The van der Waals surface area contributed by atoms with Crippen molar-refractivity contribution in [2.45, 2.75) is 45.3 Å². The van der Waals surface area contributed by atoms with E-state index in [9.17, 15) is 5.11 Å². The van der Waals surface area contributed by atoms with E-state index in [1.54, 1.807) is 0 Å². The van der Waals surface area contributed by atoms with Crippen LogP contribution in [0.3, 0.4) is 0 Å². The Kier molecular flexibility index (Phi) is 3.38. The molecule has 1 saturated carbocycles. The van der Waals surface area contributed by atoms with Gasteiger partial charge in [0.1, 0.15) is 5.82 Å². The second-order valence-corrected chi connectivity index (χ2v) is 6.57. The fourth-order valence-corrected chi connectivity index (χ4v) is 3.21. The second kappa shape index (κ2) is 5.06. The molecule has 0 aliphatic heterocycles. The van der Waals surface area contributed by atoms with Gasteiger partial charge in [-0.05, 0) is 24.7 Å². The summed E-state index contributed by atoms with van der Waals surface area (Å²) < 4.78 is 2.15. The van der Waals surface area contributed by atoms with E-state index >= 15 is 0 Å². The van der Waals surface area contributed by atoms with Crippen molar-refractivity contribution in [3.8, 4) is 11.4 Å². The maximum atomic E-state index is 10.4. The first kappa shape index (κ1) is 13.4. The topological polar surface area (TPSA) is 38.0 Å². The number of aliphatic hydroxyl groups is 1. The fraction of sp³-hybridized carbons (Fsp3) is 0.471. The Labute approximate surface area is 120 Å². The Hall–Kier alpha value is -1.61. The third kappa shape index (κ3) is 2.50. The zero-order chi connectivity index (χ0) is 14.2. The summed E-state index contributed by atoms with van der Waals surface area (Å²) in [6.07, 6.45) is 6.49. The highest BCUT2D eigenvalue weighted by molar-refractivity contribution is 5.55. The van der Waals surface area contributed by atoms with Gasteiger partial charge >= 0.3 is 0 Å². The molecule has 0 bridgehead atoms. The van der Waals surface area contributed by atoms with Gasteiger partial charge < -0.3 is 9.67 Å². The summed E-state index contributed by atoms with van der Waals surface area (Å²) in [5.74, 6) is 0.951. The van der Waals surface area contributed by atoms with Crippen molar-refractivity contribution in [1.29, 1.82) is 0 Å². The van der Waals surface area contributed by atoms with E-state index in [4.69, 9.17) is 0 Å². The number of imidazole rings is 1. The van der Waals surface area contributed by atoms with E-state index < -0.39 is 0 Å². The number of benzene rings is 1. The molecule has 0 saturated heterocycles. The van der Waals surface area contributed by atoms with E-state index in [2.05, 4.69) is 35.5 Å². The molecular formula is C17H22N2O. The Morgan fingerprint density at radius 2 is 2.00 bits per heavy atom. The molecule has 2 unspecified atom stereocenters. The smallest absolute Gasteiger partial charge is 0.140 e. The van der Waals surface area contributed by atoms with Gasteiger partial charge in [-0.2, -0.15) is 0 Å². The van der Waals surface area contributed by atoms with Crippen molar-refractivity contribution in [2.75, 3.05) is 0 Å². The summed E-state index contributed by atoms with van der Waals surface area (Å²) in [5.41, 5.74) is 1.38. The number of nitrogens with zero attached hydrogens (tertiary/aromatic N) is 2. The molecule has 3 heteroatoms. The second-order valence-electron chi connectivity index (χ2n) is 6.57.